The molecule has 0 aromatic carbocycles. The number of rotatable bonds is 4. The zero-order valence-electron chi connectivity index (χ0n) is 14.7. The molecule has 2 aromatic heterocycles. The Balaban J connectivity index is 1.78. The Morgan fingerprint density at radius 2 is 2.16 bits per heavy atom. The highest BCUT2D eigenvalue weighted by Crippen LogP contribution is 2.36. The third-order valence-corrected chi connectivity index (χ3v) is 5.90. The summed E-state index contributed by atoms with van der Waals surface area (Å²) in [6.45, 7) is 5.79. The first-order chi connectivity index (χ1) is 12.0. The molecule has 3 rings (SSSR count). The average molecular weight is 357 g/mol. The monoisotopic (exact) mass is 357 g/mol. The molecule has 0 saturated heterocycles. The number of pyridine rings is 1. The van der Waals surface area contributed by atoms with Gasteiger partial charge in [-0.2, -0.15) is 0 Å². The van der Waals surface area contributed by atoms with Crippen LogP contribution >= 0.6 is 11.3 Å². The zero-order chi connectivity index (χ0) is 17.9. The first-order valence-corrected chi connectivity index (χ1v) is 9.34. The highest BCUT2D eigenvalue weighted by molar-refractivity contribution is 7.19. The van der Waals surface area contributed by atoms with Gasteiger partial charge in [-0.05, 0) is 50.8 Å². The lowest BCUT2D eigenvalue weighted by atomic mass is 9.85. The topological polar surface area (TPSA) is 55.3 Å². The summed E-state index contributed by atoms with van der Waals surface area (Å²) in [6.07, 6.45) is 9.94. The lowest BCUT2D eigenvalue weighted by molar-refractivity contribution is 0.0255. The summed E-state index contributed by atoms with van der Waals surface area (Å²) in [7, 11) is 1.73. The van der Waals surface area contributed by atoms with Crippen molar-refractivity contribution in [1.29, 1.82) is 0 Å². The van der Waals surface area contributed by atoms with Gasteiger partial charge in [-0.1, -0.05) is 24.3 Å². The van der Waals surface area contributed by atoms with E-state index >= 15 is 0 Å². The SMILES string of the molecule is C=CC1(OC(=O)N(C)c2sc(-c3cccnc3)nc2C)CCCCC1. The van der Waals surface area contributed by atoms with Gasteiger partial charge in [0.05, 0.1) is 5.69 Å². The highest BCUT2D eigenvalue weighted by Gasteiger charge is 2.34. The molecule has 0 bridgehead atoms. The summed E-state index contributed by atoms with van der Waals surface area (Å²) in [5.41, 5.74) is 1.21. The number of nitrogens with zero attached hydrogens (tertiary/aromatic N) is 3. The Kier molecular flexibility index (Phi) is 5.18. The molecule has 0 spiro atoms. The van der Waals surface area contributed by atoms with Crippen LogP contribution in [0.15, 0.2) is 37.2 Å². The molecule has 0 aliphatic heterocycles. The molecule has 1 amide bonds. The van der Waals surface area contributed by atoms with Crippen LogP contribution in [0.5, 0.6) is 0 Å². The van der Waals surface area contributed by atoms with Crippen LogP contribution in [0.2, 0.25) is 0 Å². The third kappa shape index (κ3) is 3.74. The zero-order valence-corrected chi connectivity index (χ0v) is 15.5. The molecule has 25 heavy (non-hydrogen) atoms. The maximum atomic E-state index is 12.7. The quantitative estimate of drug-likeness (QED) is 0.725. The van der Waals surface area contributed by atoms with Crippen LogP contribution in [0.4, 0.5) is 9.80 Å². The van der Waals surface area contributed by atoms with Gasteiger partial charge in [0.1, 0.15) is 15.6 Å². The number of aromatic nitrogens is 2. The molecule has 6 heteroatoms. The fourth-order valence-corrected chi connectivity index (χ4v) is 4.14. The first kappa shape index (κ1) is 17.6. The molecule has 5 nitrogen and oxygen atoms in total. The van der Waals surface area contributed by atoms with Gasteiger partial charge >= 0.3 is 6.09 Å². The number of carbonyl (C=O) groups excluding carboxylic acids is 1. The number of ether oxygens (including phenoxy) is 1. The van der Waals surface area contributed by atoms with Crippen LogP contribution in [0.1, 0.15) is 37.8 Å². The molecule has 132 valence electrons. The molecule has 2 heterocycles. The third-order valence-electron chi connectivity index (χ3n) is 4.62. The van der Waals surface area contributed by atoms with Gasteiger partial charge in [0.2, 0.25) is 0 Å². The highest BCUT2D eigenvalue weighted by atomic mass is 32.1. The predicted molar refractivity (Wildman–Crippen MR) is 101 cm³/mol. The van der Waals surface area contributed by atoms with E-state index in [1.165, 1.54) is 17.8 Å². The summed E-state index contributed by atoms with van der Waals surface area (Å²) in [4.78, 5) is 22.9. The summed E-state index contributed by atoms with van der Waals surface area (Å²) in [5, 5.41) is 1.63. The van der Waals surface area contributed by atoms with Gasteiger partial charge < -0.3 is 4.74 Å². The van der Waals surface area contributed by atoms with Crippen molar-refractivity contribution in [2.45, 2.75) is 44.6 Å². The number of hydrogen-bond acceptors (Lipinski definition) is 5. The van der Waals surface area contributed by atoms with Gasteiger partial charge in [-0.15, -0.1) is 0 Å². The Morgan fingerprint density at radius 3 is 2.80 bits per heavy atom. The van der Waals surface area contributed by atoms with Gasteiger partial charge in [0.15, 0.2) is 0 Å². The summed E-state index contributed by atoms with van der Waals surface area (Å²) in [5.74, 6) is 0. The Labute approximate surface area is 152 Å². The van der Waals surface area contributed by atoms with Crippen molar-refractivity contribution in [3.05, 3.63) is 42.9 Å². The number of aryl methyl sites for hydroxylation is 1. The van der Waals surface area contributed by atoms with Gasteiger partial charge in [-0.25, -0.2) is 9.78 Å². The van der Waals surface area contributed by atoms with Crippen LogP contribution in [0.25, 0.3) is 10.6 Å². The smallest absolute Gasteiger partial charge is 0.415 e. The van der Waals surface area contributed by atoms with Crippen LogP contribution in [-0.4, -0.2) is 28.7 Å². The van der Waals surface area contributed by atoms with E-state index in [-0.39, 0.29) is 6.09 Å². The maximum absolute atomic E-state index is 12.7. The molecule has 2 aromatic rings. The molecular weight excluding hydrogens is 334 g/mol. The van der Waals surface area contributed by atoms with Crippen LogP contribution < -0.4 is 4.90 Å². The standard InChI is InChI=1S/C19H23N3O2S/c1-4-19(10-6-5-7-11-19)24-18(23)22(3)17-14(2)21-16(25-17)15-9-8-12-20-13-15/h4,8-9,12-13H,1,5-7,10-11H2,2-3H3. The van der Waals surface area contributed by atoms with E-state index in [1.807, 2.05) is 19.1 Å². The van der Waals surface area contributed by atoms with E-state index in [4.69, 9.17) is 4.74 Å². The van der Waals surface area contributed by atoms with E-state index in [0.717, 1.165) is 46.9 Å². The second-order valence-corrected chi connectivity index (χ2v) is 7.39. The van der Waals surface area contributed by atoms with Crippen LogP contribution in [0.3, 0.4) is 0 Å². The normalized spacial score (nSPS) is 16.2. The first-order valence-electron chi connectivity index (χ1n) is 8.53. The molecule has 0 atom stereocenters. The van der Waals surface area contributed by atoms with E-state index in [1.54, 1.807) is 30.4 Å². The minimum absolute atomic E-state index is 0.355. The largest absolute Gasteiger partial charge is 0.438 e. The number of thiazole rings is 1. The minimum atomic E-state index is -0.533. The van der Waals surface area contributed by atoms with Crippen molar-refractivity contribution in [1.82, 2.24) is 9.97 Å². The second kappa shape index (κ2) is 7.35. The fourth-order valence-electron chi connectivity index (χ4n) is 3.14. The summed E-state index contributed by atoms with van der Waals surface area (Å²) < 4.78 is 5.85. The Bertz CT molecular complexity index is 751. The van der Waals surface area contributed by atoms with Crippen molar-refractivity contribution in [2.75, 3.05) is 11.9 Å². The van der Waals surface area contributed by atoms with Crippen LogP contribution in [-0.2, 0) is 4.74 Å². The van der Waals surface area contributed by atoms with E-state index in [2.05, 4.69) is 16.5 Å². The molecule has 0 N–H and O–H groups in total. The number of amides is 1. The van der Waals surface area contributed by atoms with E-state index < -0.39 is 5.60 Å². The number of anilines is 1. The number of carbonyl (C=O) groups is 1. The minimum Gasteiger partial charge on any atom is -0.438 e. The predicted octanol–water partition coefficient (Wildman–Crippen LogP) is 4.98. The Morgan fingerprint density at radius 1 is 1.40 bits per heavy atom. The summed E-state index contributed by atoms with van der Waals surface area (Å²) >= 11 is 1.47. The maximum Gasteiger partial charge on any atom is 0.415 e. The molecule has 1 aliphatic carbocycles. The van der Waals surface area contributed by atoms with Gasteiger partial charge in [0.25, 0.3) is 0 Å². The molecule has 1 aliphatic rings. The number of hydrogen-bond donors (Lipinski definition) is 0. The van der Waals surface area contributed by atoms with Crippen molar-refractivity contribution in [2.24, 2.45) is 0 Å². The van der Waals surface area contributed by atoms with Crippen molar-refractivity contribution in [3.8, 4) is 10.6 Å². The molecule has 0 radical (unpaired) electrons. The molecule has 1 saturated carbocycles. The summed E-state index contributed by atoms with van der Waals surface area (Å²) in [6, 6.07) is 3.84. The van der Waals surface area contributed by atoms with Gasteiger partial charge in [0, 0.05) is 25.0 Å². The fraction of sp³-hybridized carbons (Fsp3) is 0.421. The molecule has 0 unspecified atom stereocenters. The van der Waals surface area contributed by atoms with Gasteiger partial charge in [-0.3, -0.25) is 9.88 Å². The Hall–Kier alpha value is -2.21. The second-order valence-electron chi connectivity index (χ2n) is 6.41. The molecule has 1 fully saturated rings. The molecular formula is C19H23N3O2S. The lowest BCUT2D eigenvalue weighted by Gasteiger charge is -2.35. The van der Waals surface area contributed by atoms with Crippen LogP contribution in [0, 0.1) is 6.92 Å². The van der Waals surface area contributed by atoms with Crippen molar-refractivity contribution < 1.29 is 9.53 Å². The average Bonchev–Trinajstić information content (AvgIpc) is 3.04. The van der Waals surface area contributed by atoms with E-state index in [0.29, 0.717) is 0 Å². The lowest BCUT2D eigenvalue weighted by Crippen LogP contribution is -2.40. The van der Waals surface area contributed by atoms with Crippen molar-refractivity contribution >= 4 is 22.4 Å². The van der Waals surface area contributed by atoms with E-state index in [9.17, 15) is 4.79 Å². The van der Waals surface area contributed by atoms with Crippen molar-refractivity contribution in [3.63, 3.8) is 0 Å².